The van der Waals surface area contributed by atoms with Gasteiger partial charge in [0.2, 0.25) is 5.89 Å². The van der Waals surface area contributed by atoms with E-state index in [2.05, 4.69) is 21.8 Å². The van der Waals surface area contributed by atoms with Crippen LogP contribution >= 0.6 is 0 Å². The average Bonchev–Trinajstić information content (AvgIpc) is 2.76. The van der Waals surface area contributed by atoms with Crippen LogP contribution in [0.5, 0.6) is 0 Å². The zero-order valence-corrected chi connectivity index (χ0v) is 11.5. The number of hydrogen-bond donors (Lipinski definition) is 0. The van der Waals surface area contributed by atoms with E-state index >= 15 is 0 Å². The van der Waals surface area contributed by atoms with Gasteiger partial charge in [0, 0.05) is 12.5 Å². The van der Waals surface area contributed by atoms with Gasteiger partial charge in [0.15, 0.2) is 5.82 Å². The minimum Gasteiger partial charge on any atom is -0.468 e. The van der Waals surface area contributed by atoms with Gasteiger partial charge in [0.05, 0.1) is 20.2 Å². The second-order valence-electron chi connectivity index (χ2n) is 4.43. The number of esters is 1. The zero-order chi connectivity index (χ0) is 13.5. The largest absolute Gasteiger partial charge is 0.468 e. The molecule has 18 heavy (non-hydrogen) atoms. The minimum absolute atomic E-state index is 0.206. The highest BCUT2D eigenvalue weighted by atomic mass is 16.5. The number of carbonyl (C=O) groups is 1. The lowest BCUT2D eigenvalue weighted by atomic mass is 10.3. The van der Waals surface area contributed by atoms with Crippen LogP contribution in [0.1, 0.15) is 38.9 Å². The number of ether oxygens (including phenoxy) is 1. The van der Waals surface area contributed by atoms with Gasteiger partial charge in [0.1, 0.15) is 0 Å². The summed E-state index contributed by atoms with van der Waals surface area (Å²) in [5.74, 6) is 0.992. The van der Waals surface area contributed by atoms with Crippen molar-refractivity contribution < 1.29 is 14.1 Å². The first-order chi connectivity index (χ1) is 8.56. The van der Waals surface area contributed by atoms with Crippen LogP contribution in [0.2, 0.25) is 0 Å². The summed E-state index contributed by atoms with van der Waals surface area (Å²) in [6, 6.07) is 0.206. The summed E-state index contributed by atoms with van der Waals surface area (Å²) in [6.07, 6.45) is 1.75. The van der Waals surface area contributed by atoms with Crippen LogP contribution in [-0.4, -0.2) is 40.7 Å². The first-order valence-corrected chi connectivity index (χ1v) is 6.19. The fraction of sp³-hybridized carbons (Fsp3) is 0.750. The molecular weight excluding hydrogens is 234 g/mol. The Morgan fingerprint density at radius 2 is 2.22 bits per heavy atom. The number of aryl methyl sites for hydroxylation is 1. The Balaban J connectivity index is 2.61. The summed E-state index contributed by atoms with van der Waals surface area (Å²) in [7, 11) is 1.38. The molecule has 1 aromatic heterocycles. The van der Waals surface area contributed by atoms with Crippen LogP contribution in [-0.2, 0) is 22.5 Å². The number of methoxy groups -OCH3 is 1. The predicted molar refractivity (Wildman–Crippen MR) is 65.9 cm³/mol. The van der Waals surface area contributed by atoms with Gasteiger partial charge >= 0.3 is 5.97 Å². The molecule has 6 nitrogen and oxygen atoms in total. The molecule has 0 aliphatic heterocycles. The van der Waals surface area contributed by atoms with Gasteiger partial charge < -0.3 is 9.26 Å². The van der Waals surface area contributed by atoms with Crippen LogP contribution in [0.25, 0.3) is 0 Å². The van der Waals surface area contributed by atoms with E-state index in [4.69, 9.17) is 4.52 Å². The minimum atomic E-state index is -0.263. The molecule has 0 saturated carbocycles. The summed E-state index contributed by atoms with van der Waals surface area (Å²) in [5, 5.41) is 3.91. The molecule has 0 unspecified atom stereocenters. The van der Waals surface area contributed by atoms with Crippen molar-refractivity contribution in [2.45, 2.75) is 46.2 Å². The molecule has 0 spiro atoms. The number of nitrogens with zero attached hydrogens (tertiary/aromatic N) is 3. The van der Waals surface area contributed by atoms with Gasteiger partial charge in [-0.05, 0) is 20.3 Å². The SMILES string of the molecule is CCCc1nc(CN(CC(=O)OC)C(C)C)no1. The van der Waals surface area contributed by atoms with E-state index in [0.717, 1.165) is 12.8 Å². The van der Waals surface area contributed by atoms with Gasteiger partial charge in [-0.2, -0.15) is 4.98 Å². The Morgan fingerprint density at radius 1 is 1.50 bits per heavy atom. The number of hydrogen-bond acceptors (Lipinski definition) is 6. The lowest BCUT2D eigenvalue weighted by molar-refractivity contribution is -0.142. The standard InChI is InChI=1S/C12H21N3O3/c1-5-6-11-13-10(14-18-11)7-15(9(2)3)8-12(16)17-4/h9H,5-8H2,1-4H3. The van der Waals surface area contributed by atoms with Gasteiger partial charge in [-0.15, -0.1) is 0 Å². The quantitative estimate of drug-likeness (QED) is 0.686. The van der Waals surface area contributed by atoms with Crippen molar-refractivity contribution in [3.8, 4) is 0 Å². The molecule has 0 saturated heterocycles. The molecule has 0 bridgehead atoms. The predicted octanol–water partition coefficient (Wildman–Crippen LogP) is 1.41. The van der Waals surface area contributed by atoms with Crippen LogP contribution in [0.4, 0.5) is 0 Å². The molecule has 0 N–H and O–H groups in total. The first kappa shape index (κ1) is 14.6. The van der Waals surface area contributed by atoms with Crippen LogP contribution in [0.3, 0.4) is 0 Å². The molecule has 0 radical (unpaired) electrons. The molecule has 0 atom stereocenters. The maximum atomic E-state index is 11.3. The summed E-state index contributed by atoms with van der Waals surface area (Å²) >= 11 is 0. The van der Waals surface area contributed by atoms with Crippen molar-refractivity contribution in [1.29, 1.82) is 0 Å². The van der Waals surface area contributed by atoms with E-state index in [1.54, 1.807) is 0 Å². The normalized spacial score (nSPS) is 11.2. The molecule has 0 aliphatic rings. The highest BCUT2D eigenvalue weighted by molar-refractivity contribution is 5.71. The maximum Gasteiger partial charge on any atom is 0.319 e. The Labute approximate surface area is 107 Å². The molecule has 1 aromatic rings. The number of rotatable bonds is 7. The van der Waals surface area contributed by atoms with Gasteiger partial charge in [-0.25, -0.2) is 0 Å². The van der Waals surface area contributed by atoms with Crippen molar-refractivity contribution in [3.63, 3.8) is 0 Å². The Morgan fingerprint density at radius 3 is 2.78 bits per heavy atom. The Kier molecular flexibility index (Phi) is 5.77. The van der Waals surface area contributed by atoms with Crippen molar-refractivity contribution >= 4 is 5.97 Å². The topological polar surface area (TPSA) is 68.5 Å². The fourth-order valence-corrected chi connectivity index (χ4v) is 1.50. The molecule has 0 aliphatic carbocycles. The summed E-state index contributed by atoms with van der Waals surface area (Å²) < 4.78 is 9.78. The van der Waals surface area contributed by atoms with Crippen LogP contribution in [0.15, 0.2) is 4.52 Å². The van der Waals surface area contributed by atoms with Gasteiger partial charge in [0.25, 0.3) is 0 Å². The molecule has 6 heteroatoms. The van der Waals surface area contributed by atoms with Gasteiger partial charge in [-0.1, -0.05) is 12.1 Å². The van der Waals surface area contributed by atoms with Crippen LogP contribution < -0.4 is 0 Å². The van der Waals surface area contributed by atoms with E-state index in [9.17, 15) is 4.79 Å². The highest BCUT2D eigenvalue weighted by Gasteiger charge is 2.17. The number of aromatic nitrogens is 2. The summed E-state index contributed by atoms with van der Waals surface area (Å²) in [5.41, 5.74) is 0. The van der Waals surface area contributed by atoms with E-state index in [-0.39, 0.29) is 18.6 Å². The van der Waals surface area contributed by atoms with Crippen molar-refractivity contribution in [1.82, 2.24) is 15.0 Å². The highest BCUT2D eigenvalue weighted by Crippen LogP contribution is 2.07. The monoisotopic (exact) mass is 255 g/mol. The smallest absolute Gasteiger partial charge is 0.319 e. The molecular formula is C12H21N3O3. The van der Waals surface area contributed by atoms with E-state index in [1.807, 2.05) is 18.7 Å². The lowest BCUT2D eigenvalue weighted by Gasteiger charge is -2.23. The maximum absolute atomic E-state index is 11.3. The van der Waals surface area contributed by atoms with Crippen molar-refractivity contribution in [2.75, 3.05) is 13.7 Å². The third-order valence-corrected chi connectivity index (χ3v) is 2.61. The van der Waals surface area contributed by atoms with Crippen LogP contribution in [0, 0.1) is 0 Å². The van der Waals surface area contributed by atoms with E-state index in [0.29, 0.717) is 18.3 Å². The molecule has 1 rings (SSSR count). The molecule has 102 valence electrons. The lowest BCUT2D eigenvalue weighted by Crippen LogP contribution is -2.36. The Hall–Kier alpha value is -1.43. The molecule has 0 aromatic carbocycles. The Bertz CT molecular complexity index is 376. The summed E-state index contributed by atoms with van der Waals surface area (Å²) in [4.78, 5) is 17.5. The fourth-order valence-electron chi connectivity index (χ4n) is 1.50. The number of carbonyl (C=O) groups excluding carboxylic acids is 1. The third-order valence-electron chi connectivity index (χ3n) is 2.61. The second kappa shape index (κ2) is 7.10. The summed E-state index contributed by atoms with van der Waals surface area (Å²) in [6.45, 7) is 6.79. The molecule has 0 fully saturated rings. The van der Waals surface area contributed by atoms with Crippen molar-refractivity contribution in [2.24, 2.45) is 0 Å². The van der Waals surface area contributed by atoms with E-state index < -0.39 is 0 Å². The van der Waals surface area contributed by atoms with Gasteiger partial charge in [-0.3, -0.25) is 9.69 Å². The second-order valence-corrected chi connectivity index (χ2v) is 4.43. The van der Waals surface area contributed by atoms with Crippen molar-refractivity contribution in [3.05, 3.63) is 11.7 Å². The third kappa shape index (κ3) is 4.44. The zero-order valence-electron chi connectivity index (χ0n) is 11.5. The first-order valence-electron chi connectivity index (χ1n) is 6.19. The average molecular weight is 255 g/mol. The van der Waals surface area contributed by atoms with E-state index in [1.165, 1.54) is 7.11 Å². The molecule has 1 heterocycles. The molecule has 0 amide bonds.